The maximum Gasteiger partial charge on any atom is 0.261 e. The number of hydrogen-bond donors (Lipinski definition) is 1. The topological polar surface area (TPSA) is 32.3 Å². The molecule has 0 radical (unpaired) electrons. The molecule has 0 spiro atoms. The summed E-state index contributed by atoms with van der Waals surface area (Å²) in [4.78, 5) is 15.8. The van der Waals surface area contributed by atoms with E-state index in [4.69, 9.17) is 0 Å². The van der Waals surface area contributed by atoms with Crippen LogP contribution in [0.5, 0.6) is 0 Å². The summed E-state index contributed by atoms with van der Waals surface area (Å²) in [5.41, 5.74) is 1.24. The van der Waals surface area contributed by atoms with Crippen LogP contribution >= 0.6 is 23.7 Å². The van der Waals surface area contributed by atoms with Crippen LogP contribution in [-0.4, -0.2) is 36.5 Å². The Morgan fingerprint density at radius 3 is 2.73 bits per heavy atom. The maximum absolute atomic E-state index is 12.5. The fourth-order valence-electron chi connectivity index (χ4n) is 3.64. The number of amides is 1. The van der Waals surface area contributed by atoms with Gasteiger partial charge in [0.15, 0.2) is 0 Å². The van der Waals surface area contributed by atoms with Gasteiger partial charge in [0.1, 0.15) is 0 Å². The molecule has 1 N–H and O–H groups in total. The second-order valence-corrected chi connectivity index (χ2v) is 7.45. The second-order valence-electron chi connectivity index (χ2n) is 6.37. The molecule has 0 unspecified atom stereocenters. The van der Waals surface area contributed by atoms with Crippen LogP contribution in [0, 0.1) is 12.8 Å². The van der Waals surface area contributed by atoms with Gasteiger partial charge in [0.2, 0.25) is 0 Å². The van der Waals surface area contributed by atoms with Crippen molar-refractivity contribution in [1.29, 1.82) is 0 Å². The van der Waals surface area contributed by atoms with E-state index in [1.54, 1.807) is 11.3 Å². The van der Waals surface area contributed by atoms with E-state index in [2.05, 4.69) is 35.3 Å². The Morgan fingerprint density at radius 2 is 2.05 bits per heavy atom. The Hall–Kier alpha value is -1.10. The number of halogens is 1. The van der Waals surface area contributed by atoms with Crippen LogP contribution in [-0.2, 0) is 0 Å². The molecule has 1 amide bonds. The highest BCUT2D eigenvalue weighted by Crippen LogP contribution is 2.29. The predicted octanol–water partition coefficient (Wildman–Crippen LogP) is 3.46. The average Bonchev–Trinajstić information content (AvgIpc) is 2.91. The number of nitrogens with zero attached hydrogens (tertiary/aromatic N) is 1. The van der Waals surface area contributed by atoms with Crippen molar-refractivity contribution in [2.75, 3.05) is 19.6 Å². The molecule has 3 aliphatic rings. The van der Waals surface area contributed by atoms with Gasteiger partial charge in [-0.1, -0.05) is 17.7 Å². The third-order valence-electron chi connectivity index (χ3n) is 4.87. The number of hydrogen-bond acceptors (Lipinski definition) is 3. The van der Waals surface area contributed by atoms with Crippen LogP contribution in [0.2, 0.25) is 0 Å². The Bertz CT molecular complexity index is 691. The van der Waals surface area contributed by atoms with E-state index in [1.165, 1.54) is 41.6 Å². The van der Waals surface area contributed by atoms with Gasteiger partial charge in [-0.15, -0.1) is 23.7 Å². The van der Waals surface area contributed by atoms with Gasteiger partial charge in [-0.3, -0.25) is 4.79 Å². The van der Waals surface area contributed by atoms with Gasteiger partial charge in [0.25, 0.3) is 5.91 Å². The van der Waals surface area contributed by atoms with Crippen molar-refractivity contribution < 1.29 is 4.79 Å². The van der Waals surface area contributed by atoms with Crippen molar-refractivity contribution in [3.05, 3.63) is 34.7 Å². The Balaban J connectivity index is 0.00000144. The lowest BCUT2D eigenvalue weighted by Crippen LogP contribution is -2.57. The Labute approximate surface area is 141 Å². The van der Waals surface area contributed by atoms with Crippen molar-refractivity contribution in [3.8, 4) is 0 Å². The first-order valence-electron chi connectivity index (χ1n) is 7.72. The van der Waals surface area contributed by atoms with Gasteiger partial charge in [-0.05, 0) is 56.3 Å². The van der Waals surface area contributed by atoms with Crippen LogP contribution < -0.4 is 5.32 Å². The van der Waals surface area contributed by atoms with Gasteiger partial charge in [-0.2, -0.15) is 0 Å². The van der Waals surface area contributed by atoms with E-state index in [-0.39, 0.29) is 18.3 Å². The van der Waals surface area contributed by atoms with Crippen LogP contribution in [0.1, 0.15) is 28.1 Å². The van der Waals surface area contributed by atoms with Crippen LogP contribution in [0.15, 0.2) is 24.3 Å². The van der Waals surface area contributed by atoms with Crippen molar-refractivity contribution in [2.24, 2.45) is 5.92 Å². The SMILES string of the molecule is Cc1ccc2sc(C(=O)N[C@@H]3CN4CCC3CC4)cc2c1.Cl. The summed E-state index contributed by atoms with van der Waals surface area (Å²) in [6.45, 7) is 5.53. The zero-order chi connectivity index (χ0) is 14.4. The van der Waals surface area contributed by atoms with E-state index >= 15 is 0 Å². The number of rotatable bonds is 2. The second kappa shape index (κ2) is 6.19. The lowest BCUT2D eigenvalue weighted by Gasteiger charge is -2.44. The van der Waals surface area contributed by atoms with Gasteiger partial charge >= 0.3 is 0 Å². The highest BCUT2D eigenvalue weighted by Gasteiger charge is 2.35. The quantitative estimate of drug-likeness (QED) is 0.911. The molecule has 2 aromatic rings. The highest BCUT2D eigenvalue weighted by atomic mass is 35.5. The van der Waals surface area contributed by atoms with Gasteiger partial charge in [0.05, 0.1) is 4.88 Å². The molecule has 1 atom stereocenters. The number of carbonyl (C=O) groups excluding carboxylic acids is 1. The summed E-state index contributed by atoms with van der Waals surface area (Å²) in [5.74, 6) is 0.781. The van der Waals surface area contributed by atoms with E-state index in [0.29, 0.717) is 12.0 Å². The third-order valence-corrected chi connectivity index (χ3v) is 5.98. The number of piperidine rings is 3. The smallest absolute Gasteiger partial charge is 0.261 e. The number of benzene rings is 1. The molecule has 1 aromatic carbocycles. The summed E-state index contributed by atoms with van der Waals surface area (Å²) in [5, 5.41) is 4.45. The zero-order valence-corrected chi connectivity index (χ0v) is 14.3. The molecule has 3 saturated heterocycles. The number of aryl methyl sites for hydroxylation is 1. The normalized spacial score (nSPS) is 26.7. The first kappa shape index (κ1) is 15.8. The summed E-state index contributed by atoms with van der Waals surface area (Å²) in [6, 6.07) is 8.74. The summed E-state index contributed by atoms with van der Waals surface area (Å²) in [6.07, 6.45) is 2.47. The van der Waals surface area contributed by atoms with E-state index in [9.17, 15) is 4.79 Å². The molecule has 118 valence electrons. The number of thiophene rings is 1. The number of carbonyl (C=O) groups is 1. The third kappa shape index (κ3) is 2.87. The zero-order valence-electron chi connectivity index (χ0n) is 12.7. The van der Waals surface area contributed by atoms with E-state index in [1.807, 2.05) is 6.07 Å². The monoisotopic (exact) mass is 336 g/mol. The molecule has 0 saturated carbocycles. The fourth-order valence-corrected chi connectivity index (χ4v) is 4.59. The van der Waals surface area contributed by atoms with Crippen molar-refractivity contribution in [3.63, 3.8) is 0 Å². The van der Waals surface area contributed by atoms with Crippen LogP contribution in [0.4, 0.5) is 0 Å². The first-order chi connectivity index (χ1) is 10.2. The van der Waals surface area contributed by atoms with Crippen LogP contribution in [0.25, 0.3) is 10.1 Å². The summed E-state index contributed by atoms with van der Waals surface area (Å²) in [7, 11) is 0. The molecule has 3 fully saturated rings. The largest absolute Gasteiger partial charge is 0.347 e. The minimum atomic E-state index is 0. The van der Waals surface area contributed by atoms with Gasteiger partial charge in [0, 0.05) is 17.3 Å². The lowest BCUT2D eigenvalue weighted by molar-refractivity contribution is 0.0622. The van der Waals surface area contributed by atoms with E-state index in [0.717, 1.165) is 11.4 Å². The molecule has 4 heterocycles. The predicted molar refractivity (Wildman–Crippen MR) is 94.2 cm³/mol. The fraction of sp³-hybridized carbons (Fsp3) is 0.471. The number of nitrogens with one attached hydrogen (secondary N) is 1. The van der Waals surface area contributed by atoms with Crippen molar-refractivity contribution in [1.82, 2.24) is 10.2 Å². The van der Waals surface area contributed by atoms with Gasteiger partial charge in [-0.25, -0.2) is 0 Å². The maximum atomic E-state index is 12.5. The molecule has 22 heavy (non-hydrogen) atoms. The molecule has 1 aromatic heterocycles. The minimum Gasteiger partial charge on any atom is -0.347 e. The lowest BCUT2D eigenvalue weighted by atomic mass is 9.84. The molecule has 2 bridgehead atoms. The van der Waals surface area contributed by atoms with Crippen molar-refractivity contribution >= 4 is 39.7 Å². The summed E-state index contributed by atoms with van der Waals surface area (Å²) >= 11 is 1.60. The Morgan fingerprint density at radius 1 is 1.27 bits per heavy atom. The average molecular weight is 337 g/mol. The van der Waals surface area contributed by atoms with Crippen LogP contribution in [0.3, 0.4) is 0 Å². The molecule has 3 aliphatic heterocycles. The van der Waals surface area contributed by atoms with Gasteiger partial charge < -0.3 is 10.2 Å². The molecule has 5 rings (SSSR count). The highest BCUT2D eigenvalue weighted by molar-refractivity contribution is 7.20. The van der Waals surface area contributed by atoms with Crippen molar-refractivity contribution in [2.45, 2.75) is 25.8 Å². The summed E-state index contributed by atoms with van der Waals surface area (Å²) < 4.78 is 1.19. The Kier molecular flexibility index (Phi) is 4.44. The minimum absolute atomic E-state index is 0. The molecule has 3 nitrogen and oxygen atoms in total. The molecule has 0 aliphatic carbocycles. The van der Waals surface area contributed by atoms with E-state index < -0.39 is 0 Å². The molecule has 5 heteroatoms. The molecular weight excluding hydrogens is 316 g/mol. The standard InChI is InChI=1S/C17H20N2OS.ClH/c1-11-2-3-15-13(8-11)9-16(21-15)17(20)18-14-10-19-6-4-12(14)5-7-19;/h2-3,8-9,12,14H,4-7,10H2,1H3,(H,18,20);1H/t14-;/m1./s1. The first-order valence-corrected chi connectivity index (χ1v) is 8.54. The number of fused-ring (bicyclic) bond motifs is 4. The molecular formula is C17H21ClN2OS.